The summed E-state index contributed by atoms with van der Waals surface area (Å²) in [4.78, 5) is 33.7. The average Bonchev–Trinajstić information content (AvgIpc) is 2.67. The maximum absolute atomic E-state index is 12.0. The molecule has 0 saturated carbocycles. The molecular weight excluding hydrogens is 410 g/mol. The van der Waals surface area contributed by atoms with Crippen molar-refractivity contribution in [1.82, 2.24) is 5.32 Å². The van der Waals surface area contributed by atoms with Crippen molar-refractivity contribution >= 4 is 29.4 Å². The maximum Gasteiger partial charge on any atom is 0.305 e. The SMILES string of the molecule is COc1ccc(Cl)cc1-c1ccc(C[C@H](CC(=O)O)NC(=O)CCCC(=O)O)cc1. The minimum atomic E-state index is -1.02. The second-order valence-corrected chi connectivity index (χ2v) is 7.29. The average molecular weight is 434 g/mol. The molecule has 30 heavy (non-hydrogen) atoms. The molecule has 1 amide bonds. The number of carboxylic acid groups (broad SMARTS) is 2. The molecule has 0 fully saturated rings. The Hall–Kier alpha value is -3.06. The third kappa shape index (κ3) is 7.40. The Morgan fingerprint density at radius 1 is 1.03 bits per heavy atom. The number of aliphatic carboxylic acids is 2. The van der Waals surface area contributed by atoms with Crippen LogP contribution in [0.5, 0.6) is 5.75 Å². The Kier molecular flexibility index (Phi) is 8.68. The molecule has 1 atom stereocenters. The number of hydrogen-bond donors (Lipinski definition) is 3. The number of ether oxygens (including phenoxy) is 1. The van der Waals surface area contributed by atoms with Gasteiger partial charge in [-0.25, -0.2) is 0 Å². The van der Waals surface area contributed by atoms with Crippen molar-refractivity contribution in [3.05, 3.63) is 53.1 Å². The Morgan fingerprint density at radius 2 is 1.73 bits per heavy atom. The van der Waals surface area contributed by atoms with E-state index in [1.54, 1.807) is 25.3 Å². The first-order chi connectivity index (χ1) is 14.3. The van der Waals surface area contributed by atoms with Crippen LogP contribution in [0.2, 0.25) is 5.02 Å². The van der Waals surface area contributed by atoms with Gasteiger partial charge in [-0.05, 0) is 42.2 Å². The van der Waals surface area contributed by atoms with Gasteiger partial charge in [-0.1, -0.05) is 35.9 Å². The lowest BCUT2D eigenvalue weighted by molar-refractivity contribution is -0.138. The molecule has 0 saturated heterocycles. The summed E-state index contributed by atoms with van der Waals surface area (Å²) in [6, 6.07) is 12.2. The number of nitrogens with one attached hydrogen (secondary N) is 1. The Balaban J connectivity index is 2.07. The van der Waals surface area contributed by atoms with Crippen LogP contribution in [0.1, 0.15) is 31.2 Å². The zero-order chi connectivity index (χ0) is 22.1. The fourth-order valence-electron chi connectivity index (χ4n) is 3.10. The van der Waals surface area contributed by atoms with E-state index in [1.807, 2.05) is 24.3 Å². The Morgan fingerprint density at radius 3 is 2.33 bits per heavy atom. The summed E-state index contributed by atoms with van der Waals surface area (Å²) >= 11 is 6.09. The summed E-state index contributed by atoms with van der Waals surface area (Å²) < 4.78 is 5.38. The number of carboxylic acids is 2. The molecule has 8 heteroatoms. The molecule has 0 bridgehead atoms. The van der Waals surface area contributed by atoms with Crippen LogP contribution in [0.15, 0.2) is 42.5 Å². The smallest absolute Gasteiger partial charge is 0.305 e. The predicted molar refractivity (Wildman–Crippen MR) is 113 cm³/mol. The van der Waals surface area contributed by atoms with E-state index in [4.69, 9.17) is 26.6 Å². The lowest BCUT2D eigenvalue weighted by Crippen LogP contribution is -2.38. The van der Waals surface area contributed by atoms with Gasteiger partial charge in [0.15, 0.2) is 0 Å². The fourth-order valence-corrected chi connectivity index (χ4v) is 3.27. The van der Waals surface area contributed by atoms with Crippen LogP contribution in [0, 0.1) is 0 Å². The number of benzene rings is 2. The topological polar surface area (TPSA) is 113 Å². The Bertz CT molecular complexity index is 897. The van der Waals surface area contributed by atoms with Gasteiger partial charge in [-0.15, -0.1) is 0 Å². The largest absolute Gasteiger partial charge is 0.496 e. The van der Waals surface area contributed by atoms with E-state index in [0.717, 1.165) is 16.7 Å². The number of halogens is 1. The summed E-state index contributed by atoms with van der Waals surface area (Å²) in [6.45, 7) is 0. The van der Waals surface area contributed by atoms with E-state index >= 15 is 0 Å². The molecule has 7 nitrogen and oxygen atoms in total. The highest BCUT2D eigenvalue weighted by molar-refractivity contribution is 6.31. The highest BCUT2D eigenvalue weighted by Gasteiger charge is 2.17. The molecular formula is C22H24ClNO6. The second-order valence-electron chi connectivity index (χ2n) is 6.86. The lowest BCUT2D eigenvalue weighted by atomic mass is 9.98. The van der Waals surface area contributed by atoms with Crippen LogP contribution in [0.4, 0.5) is 0 Å². The summed E-state index contributed by atoms with van der Waals surface area (Å²) in [5.41, 5.74) is 2.59. The minimum absolute atomic E-state index is 0.0376. The molecule has 3 N–H and O–H groups in total. The van der Waals surface area contributed by atoms with Crippen LogP contribution in [-0.2, 0) is 20.8 Å². The first-order valence-electron chi connectivity index (χ1n) is 9.44. The molecule has 0 aliphatic heterocycles. The molecule has 0 aliphatic rings. The van der Waals surface area contributed by atoms with Gasteiger partial charge in [0.1, 0.15) is 5.75 Å². The molecule has 0 heterocycles. The van der Waals surface area contributed by atoms with Crippen LogP contribution in [-0.4, -0.2) is 41.2 Å². The molecule has 2 rings (SSSR count). The van der Waals surface area contributed by atoms with Crippen molar-refractivity contribution in [2.75, 3.05) is 7.11 Å². The van der Waals surface area contributed by atoms with Gasteiger partial charge >= 0.3 is 11.9 Å². The van der Waals surface area contributed by atoms with Crippen LogP contribution in [0.3, 0.4) is 0 Å². The number of hydrogen-bond acceptors (Lipinski definition) is 4. The van der Waals surface area contributed by atoms with Gasteiger partial charge < -0.3 is 20.3 Å². The Labute approximate surface area is 179 Å². The monoisotopic (exact) mass is 433 g/mol. The molecule has 0 unspecified atom stereocenters. The maximum atomic E-state index is 12.0. The van der Waals surface area contributed by atoms with Crippen molar-refractivity contribution in [1.29, 1.82) is 0 Å². The molecule has 2 aromatic carbocycles. The summed E-state index contributed by atoms with van der Waals surface area (Å²) in [7, 11) is 1.58. The highest BCUT2D eigenvalue weighted by Crippen LogP contribution is 2.32. The fraction of sp³-hybridized carbons (Fsp3) is 0.318. The van der Waals surface area contributed by atoms with Gasteiger partial charge in [-0.3, -0.25) is 14.4 Å². The molecule has 160 valence electrons. The van der Waals surface area contributed by atoms with Crippen LogP contribution >= 0.6 is 11.6 Å². The van der Waals surface area contributed by atoms with Gasteiger partial charge in [0.25, 0.3) is 0 Å². The zero-order valence-electron chi connectivity index (χ0n) is 16.6. The molecule has 0 radical (unpaired) electrons. The van der Waals surface area contributed by atoms with Crippen molar-refractivity contribution in [3.63, 3.8) is 0 Å². The van der Waals surface area contributed by atoms with E-state index in [9.17, 15) is 14.4 Å². The third-order valence-corrected chi connectivity index (χ3v) is 4.72. The van der Waals surface area contributed by atoms with E-state index < -0.39 is 18.0 Å². The molecule has 0 spiro atoms. The number of methoxy groups -OCH3 is 1. The summed E-state index contributed by atoms with van der Waals surface area (Å²) in [6.07, 6.45) is 0.247. The zero-order valence-corrected chi connectivity index (χ0v) is 17.3. The molecule has 0 aliphatic carbocycles. The summed E-state index contributed by atoms with van der Waals surface area (Å²) in [5, 5.41) is 21.1. The number of carbonyl (C=O) groups excluding carboxylic acids is 1. The second kappa shape index (κ2) is 11.2. The quantitative estimate of drug-likeness (QED) is 0.497. The predicted octanol–water partition coefficient (Wildman–Crippen LogP) is 3.77. The highest BCUT2D eigenvalue weighted by atomic mass is 35.5. The van der Waals surface area contributed by atoms with Gasteiger partial charge in [0.2, 0.25) is 5.91 Å². The number of carbonyl (C=O) groups is 3. The van der Waals surface area contributed by atoms with Crippen LogP contribution in [0.25, 0.3) is 11.1 Å². The minimum Gasteiger partial charge on any atom is -0.496 e. The van der Waals surface area contributed by atoms with E-state index in [0.29, 0.717) is 17.2 Å². The van der Waals surface area contributed by atoms with E-state index in [-0.39, 0.29) is 31.6 Å². The van der Waals surface area contributed by atoms with Gasteiger partial charge in [0.05, 0.1) is 13.5 Å². The van der Waals surface area contributed by atoms with Crippen molar-refractivity contribution < 1.29 is 29.3 Å². The molecule has 0 aromatic heterocycles. The van der Waals surface area contributed by atoms with Crippen molar-refractivity contribution in [3.8, 4) is 16.9 Å². The van der Waals surface area contributed by atoms with Crippen LogP contribution < -0.4 is 10.1 Å². The third-order valence-electron chi connectivity index (χ3n) is 4.49. The lowest BCUT2D eigenvalue weighted by Gasteiger charge is -2.17. The first-order valence-corrected chi connectivity index (χ1v) is 9.82. The van der Waals surface area contributed by atoms with E-state index in [2.05, 4.69) is 5.32 Å². The van der Waals surface area contributed by atoms with Gasteiger partial charge in [-0.2, -0.15) is 0 Å². The normalized spacial score (nSPS) is 11.5. The molecule has 2 aromatic rings. The number of amides is 1. The van der Waals surface area contributed by atoms with Crippen molar-refractivity contribution in [2.45, 2.75) is 38.1 Å². The first kappa shape index (κ1) is 23.2. The summed E-state index contributed by atoms with van der Waals surface area (Å²) in [5.74, 6) is -1.67. The standard InChI is InChI=1S/C22H24ClNO6/c1-30-19-10-9-16(23)12-18(19)15-7-5-14(6-8-15)11-17(13-22(28)29)24-20(25)3-2-4-21(26)27/h5-10,12,17H,2-4,11,13H2,1H3,(H,24,25)(H,26,27)(H,28,29)/t17-/m1/s1. The van der Waals surface area contributed by atoms with Gasteiger partial charge in [0, 0.05) is 29.5 Å². The van der Waals surface area contributed by atoms with Crippen molar-refractivity contribution in [2.24, 2.45) is 0 Å². The number of rotatable bonds is 11. The van der Waals surface area contributed by atoms with E-state index in [1.165, 1.54) is 0 Å².